The molecule has 27 heavy (non-hydrogen) atoms. The molecule has 8 nitrogen and oxygen atoms in total. The summed E-state index contributed by atoms with van der Waals surface area (Å²) in [6.07, 6.45) is 10.4. The highest BCUT2D eigenvalue weighted by molar-refractivity contribution is 5.84. The van der Waals surface area contributed by atoms with E-state index in [0.29, 0.717) is 56.4 Å². The molecule has 1 saturated carbocycles. The molecule has 1 aromatic heterocycles. The molecule has 2 bridgehead atoms. The van der Waals surface area contributed by atoms with Crippen molar-refractivity contribution in [3.05, 3.63) is 30.6 Å². The molecular formula is C19H26N6O2. The fraction of sp³-hybridized carbons (Fsp3) is 0.579. The van der Waals surface area contributed by atoms with Crippen LogP contribution in [0.4, 0.5) is 10.7 Å². The molecule has 2 heterocycles. The Balaban J connectivity index is 1.14. The van der Waals surface area contributed by atoms with Crippen LogP contribution in [0.2, 0.25) is 0 Å². The van der Waals surface area contributed by atoms with Crippen LogP contribution in [0.15, 0.2) is 30.6 Å². The maximum absolute atomic E-state index is 12.3. The van der Waals surface area contributed by atoms with E-state index in [9.17, 15) is 9.59 Å². The van der Waals surface area contributed by atoms with Gasteiger partial charge in [0.15, 0.2) is 0 Å². The highest BCUT2D eigenvalue weighted by Crippen LogP contribution is 2.42. The lowest BCUT2D eigenvalue weighted by Crippen LogP contribution is -2.53. The zero-order valence-corrected chi connectivity index (χ0v) is 15.4. The average molecular weight is 370 g/mol. The molecule has 2 N–H and O–H groups in total. The Morgan fingerprint density at radius 1 is 1.04 bits per heavy atom. The number of rotatable bonds is 5. The second-order valence-corrected chi connectivity index (χ2v) is 7.53. The van der Waals surface area contributed by atoms with Gasteiger partial charge in [-0.1, -0.05) is 12.2 Å². The minimum absolute atomic E-state index is 0.0253. The molecule has 1 aromatic rings. The van der Waals surface area contributed by atoms with Gasteiger partial charge >= 0.3 is 6.03 Å². The molecule has 4 rings (SSSR count). The average Bonchev–Trinajstić information content (AvgIpc) is 3.34. The summed E-state index contributed by atoms with van der Waals surface area (Å²) >= 11 is 0. The van der Waals surface area contributed by atoms with E-state index in [0.717, 1.165) is 0 Å². The van der Waals surface area contributed by atoms with Gasteiger partial charge in [-0.25, -0.2) is 14.8 Å². The molecule has 2 aliphatic carbocycles. The van der Waals surface area contributed by atoms with E-state index in [1.54, 1.807) is 23.4 Å². The second kappa shape index (κ2) is 7.94. The van der Waals surface area contributed by atoms with Crippen molar-refractivity contribution in [3.63, 3.8) is 0 Å². The highest BCUT2D eigenvalue weighted by atomic mass is 16.2. The standard InChI is InChI=1S/C19H26N6O2/c26-17(22-12-16-11-14-2-3-15(16)10-14)13-23-19(27)25-8-6-24(7-9-25)18-20-4-1-5-21-18/h1-5,14-16H,6-13H2,(H,22,26)(H,23,27)/t14-,15+,16+/m1/s1. The Morgan fingerprint density at radius 3 is 2.48 bits per heavy atom. The number of urea groups is 1. The lowest BCUT2D eigenvalue weighted by atomic mass is 9.94. The molecule has 0 radical (unpaired) electrons. The van der Waals surface area contributed by atoms with Gasteiger partial charge in [0.25, 0.3) is 0 Å². The summed E-state index contributed by atoms with van der Waals surface area (Å²) in [4.78, 5) is 36.6. The van der Waals surface area contributed by atoms with E-state index >= 15 is 0 Å². The predicted molar refractivity (Wildman–Crippen MR) is 101 cm³/mol. The van der Waals surface area contributed by atoms with Gasteiger partial charge in [0.05, 0.1) is 6.54 Å². The molecule has 2 fully saturated rings. The molecule has 1 saturated heterocycles. The Bertz CT molecular complexity index is 701. The summed E-state index contributed by atoms with van der Waals surface area (Å²) < 4.78 is 0. The van der Waals surface area contributed by atoms with E-state index < -0.39 is 0 Å². The Kier molecular flexibility index (Phi) is 5.22. The Labute approximate surface area is 159 Å². The number of carbonyl (C=O) groups excluding carboxylic acids is 2. The number of nitrogens with one attached hydrogen (secondary N) is 2. The summed E-state index contributed by atoms with van der Waals surface area (Å²) in [5.74, 6) is 2.44. The van der Waals surface area contributed by atoms with Crippen LogP contribution in [0.3, 0.4) is 0 Å². The number of allylic oxidation sites excluding steroid dienone is 2. The molecule has 3 atom stereocenters. The molecule has 0 aromatic carbocycles. The molecule has 0 unspecified atom stereocenters. The van der Waals surface area contributed by atoms with Crippen molar-refractivity contribution in [1.82, 2.24) is 25.5 Å². The first-order chi connectivity index (χ1) is 13.2. The number of hydrogen-bond acceptors (Lipinski definition) is 5. The number of carbonyl (C=O) groups is 2. The van der Waals surface area contributed by atoms with Gasteiger partial charge in [-0.15, -0.1) is 0 Å². The van der Waals surface area contributed by atoms with Crippen molar-refractivity contribution in [1.29, 1.82) is 0 Å². The van der Waals surface area contributed by atoms with Gasteiger partial charge in [0.2, 0.25) is 11.9 Å². The minimum atomic E-state index is -0.193. The molecule has 0 spiro atoms. The molecule has 3 amide bonds. The predicted octanol–water partition coefficient (Wildman–Crippen LogP) is 0.637. The van der Waals surface area contributed by atoms with Gasteiger partial charge in [0, 0.05) is 45.1 Å². The maximum Gasteiger partial charge on any atom is 0.317 e. The highest BCUT2D eigenvalue weighted by Gasteiger charge is 2.35. The van der Waals surface area contributed by atoms with Crippen LogP contribution in [0, 0.1) is 17.8 Å². The summed E-state index contributed by atoms with van der Waals surface area (Å²) in [6.45, 7) is 3.27. The monoisotopic (exact) mass is 370 g/mol. The first-order valence-electron chi connectivity index (χ1n) is 9.69. The lowest BCUT2D eigenvalue weighted by Gasteiger charge is -2.34. The van der Waals surface area contributed by atoms with Crippen LogP contribution >= 0.6 is 0 Å². The quantitative estimate of drug-likeness (QED) is 0.742. The van der Waals surface area contributed by atoms with Crippen molar-refractivity contribution >= 4 is 17.9 Å². The normalized spacial score (nSPS) is 26.3. The summed E-state index contributed by atoms with van der Waals surface area (Å²) in [5.41, 5.74) is 0. The number of nitrogens with zero attached hydrogens (tertiary/aromatic N) is 4. The molecule has 8 heteroatoms. The zero-order chi connectivity index (χ0) is 18.6. The van der Waals surface area contributed by atoms with Crippen LogP contribution in [-0.2, 0) is 4.79 Å². The van der Waals surface area contributed by atoms with Crippen LogP contribution in [0.1, 0.15) is 12.8 Å². The molecule has 3 aliphatic rings. The fourth-order valence-corrected chi connectivity index (χ4v) is 4.27. The maximum atomic E-state index is 12.3. The van der Waals surface area contributed by atoms with E-state index in [2.05, 4.69) is 37.7 Å². The van der Waals surface area contributed by atoms with Gasteiger partial charge in [0.1, 0.15) is 0 Å². The largest absolute Gasteiger partial charge is 0.354 e. The van der Waals surface area contributed by atoms with Gasteiger partial charge in [-0.05, 0) is 36.7 Å². The van der Waals surface area contributed by atoms with Crippen molar-refractivity contribution in [2.75, 3.05) is 44.2 Å². The molecular weight excluding hydrogens is 344 g/mol. The summed E-state index contributed by atoms with van der Waals surface area (Å²) in [5, 5.41) is 5.69. The van der Waals surface area contributed by atoms with Crippen LogP contribution in [0.5, 0.6) is 0 Å². The number of anilines is 1. The topological polar surface area (TPSA) is 90.5 Å². The lowest BCUT2D eigenvalue weighted by molar-refractivity contribution is -0.120. The third kappa shape index (κ3) is 4.20. The minimum Gasteiger partial charge on any atom is -0.354 e. The fourth-order valence-electron chi connectivity index (χ4n) is 4.27. The number of aromatic nitrogens is 2. The third-order valence-corrected chi connectivity index (χ3v) is 5.78. The number of hydrogen-bond donors (Lipinski definition) is 2. The number of fused-ring (bicyclic) bond motifs is 2. The number of piperazine rings is 1. The molecule has 144 valence electrons. The van der Waals surface area contributed by atoms with Gasteiger partial charge in [-0.2, -0.15) is 0 Å². The van der Waals surface area contributed by atoms with Crippen LogP contribution < -0.4 is 15.5 Å². The van der Waals surface area contributed by atoms with Crippen molar-refractivity contribution in [2.45, 2.75) is 12.8 Å². The first kappa shape index (κ1) is 17.8. The van der Waals surface area contributed by atoms with Gasteiger partial charge in [-0.3, -0.25) is 4.79 Å². The smallest absolute Gasteiger partial charge is 0.317 e. The van der Waals surface area contributed by atoms with E-state index in [1.165, 1.54) is 12.8 Å². The first-order valence-corrected chi connectivity index (χ1v) is 9.69. The number of amides is 3. The van der Waals surface area contributed by atoms with E-state index in [-0.39, 0.29) is 18.5 Å². The van der Waals surface area contributed by atoms with Gasteiger partial charge < -0.3 is 20.4 Å². The summed E-state index contributed by atoms with van der Waals surface area (Å²) in [7, 11) is 0. The SMILES string of the molecule is O=C(CNC(=O)N1CCN(c2ncccn2)CC1)NC[C@@H]1C[C@@H]2C=C[C@H]1C2. The zero-order valence-electron chi connectivity index (χ0n) is 15.4. The third-order valence-electron chi connectivity index (χ3n) is 5.78. The van der Waals surface area contributed by atoms with E-state index in [1.807, 2.05) is 0 Å². The van der Waals surface area contributed by atoms with E-state index in [4.69, 9.17) is 0 Å². The van der Waals surface area contributed by atoms with Crippen LogP contribution in [0.25, 0.3) is 0 Å². The summed E-state index contributed by atoms with van der Waals surface area (Å²) in [6, 6.07) is 1.59. The van der Waals surface area contributed by atoms with Crippen molar-refractivity contribution < 1.29 is 9.59 Å². The van der Waals surface area contributed by atoms with Crippen molar-refractivity contribution in [2.24, 2.45) is 17.8 Å². The van der Waals surface area contributed by atoms with Crippen molar-refractivity contribution in [3.8, 4) is 0 Å². The molecule has 1 aliphatic heterocycles. The Hall–Kier alpha value is -2.64. The second-order valence-electron chi connectivity index (χ2n) is 7.53. The van der Waals surface area contributed by atoms with Crippen LogP contribution in [-0.4, -0.2) is 66.1 Å². The Morgan fingerprint density at radius 2 is 1.81 bits per heavy atom.